The number of carbonyl (C=O) groups excluding carboxylic acids is 1. The molecule has 4 atom stereocenters. The van der Waals surface area contributed by atoms with Crippen LogP contribution in [0.2, 0.25) is 0 Å². The highest BCUT2D eigenvalue weighted by molar-refractivity contribution is 5.71. The molecule has 0 saturated carbocycles. The maximum absolute atomic E-state index is 11.2. The minimum Gasteiger partial charge on any atom is -0.460 e. The van der Waals surface area contributed by atoms with E-state index in [-0.39, 0.29) is 30.4 Å². The van der Waals surface area contributed by atoms with Crippen LogP contribution < -0.4 is 0 Å². The van der Waals surface area contributed by atoms with Gasteiger partial charge in [0.1, 0.15) is 6.10 Å². The summed E-state index contributed by atoms with van der Waals surface area (Å²) in [5.41, 5.74) is 0. The fraction of sp³-hybridized carbons (Fsp3) is 0.947. The van der Waals surface area contributed by atoms with Crippen molar-refractivity contribution >= 4 is 5.97 Å². The van der Waals surface area contributed by atoms with Gasteiger partial charge in [0.2, 0.25) is 0 Å². The second kappa shape index (κ2) is 10.3. The van der Waals surface area contributed by atoms with Crippen molar-refractivity contribution in [1.82, 2.24) is 0 Å². The Labute approximate surface area is 140 Å². The first-order valence-electron chi connectivity index (χ1n) is 9.73. The van der Waals surface area contributed by atoms with Gasteiger partial charge in [-0.15, -0.1) is 0 Å². The molecule has 4 heteroatoms. The van der Waals surface area contributed by atoms with Gasteiger partial charge in [0, 0.05) is 6.42 Å². The summed E-state index contributed by atoms with van der Waals surface area (Å²) < 4.78 is 11.2. The zero-order valence-electron chi connectivity index (χ0n) is 14.7. The predicted molar refractivity (Wildman–Crippen MR) is 90.2 cm³/mol. The van der Waals surface area contributed by atoms with Crippen LogP contribution in [0.4, 0.5) is 0 Å². The molecule has 0 aromatic carbocycles. The molecule has 0 aromatic heterocycles. The molecule has 2 saturated heterocycles. The lowest BCUT2D eigenvalue weighted by molar-refractivity contribution is -0.148. The largest absolute Gasteiger partial charge is 0.460 e. The van der Waals surface area contributed by atoms with Gasteiger partial charge in [0.25, 0.3) is 0 Å². The zero-order chi connectivity index (χ0) is 16.5. The number of rotatable bonds is 11. The molecule has 2 aliphatic heterocycles. The Morgan fingerprint density at radius 1 is 1.00 bits per heavy atom. The Morgan fingerprint density at radius 2 is 1.70 bits per heavy atom. The maximum atomic E-state index is 11.2. The van der Waals surface area contributed by atoms with Crippen LogP contribution in [-0.4, -0.2) is 35.5 Å². The van der Waals surface area contributed by atoms with Crippen LogP contribution in [0.1, 0.15) is 90.4 Å². The van der Waals surface area contributed by atoms with Crippen LogP contribution in [0.15, 0.2) is 0 Å². The average Bonchev–Trinajstić information content (AvgIpc) is 3.18. The summed E-state index contributed by atoms with van der Waals surface area (Å²) in [7, 11) is 0. The van der Waals surface area contributed by atoms with Crippen LogP contribution in [-0.2, 0) is 14.3 Å². The number of aliphatic hydroxyl groups is 1. The van der Waals surface area contributed by atoms with Gasteiger partial charge in [-0.05, 0) is 25.7 Å². The van der Waals surface area contributed by atoms with E-state index in [1.54, 1.807) is 0 Å². The molecular formula is C19H34O4. The average molecular weight is 326 g/mol. The zero-order valence-corrected chi connectivity index (χ0v) is 14.7. The number of aliphatic hydroxyl groups excluding tert-OH is 1. The summed E-state index contributed by atoms with van der Waals surface area (Å²) >= 11 is 0. The maximum Gasteiger partial charge on any atom is 0.306 e. The van der Waals surface area contributed by atoms with Crippen molar-refractivity contribution in [3.63, 3.8) is 0 Å². The highest BCUT2D eigenvalue weighted by Gasteiger charge is 2.39. The monoisotopic (exact) mass is 326 g/mol. The lowest BCUT2D eigenvalue weighted by atomic mass is 10.0. The van der Waals surface area contributed by atoms with Gasteiger partial charge in [0.05, 0.1) is 18.3 Å². The third-order valence-electron chi connectivity index (χ3n) is 5.20. The summed E-state index contributed by atoms with van der Waals surface area (Å²) in [4.78, 5) is 11.2. The lowest BCUT2D eigenvalue weighted by Crippen LogP contribution is -2.30. The van der Waals surface area contributed by atoms with Gasteiger partial charge in [0.15, 0.2) is 0 Å². The number of carbonyl (C=O) groups is 1. The molecule has 4 nitrogen and oxygen atoms in total. The quantitative estimate of drug-likeness (QED) is 0.458. The summed E-state index contributed by atoms with van der Waals surface area (Å²) in [5, 5.41) is 10.3. The van der Waals surface area contributed by atoms with E-state index in [1.807, 2.05) is 0 Å². The van der Waals surface area contributed by atoms with E-state index in [4.69, 9.17) is 9.47 Å². The molecule has 0 aromatic rings. The lowest BCUT2D eigenvalue weighted by Gasteiger charge is -2.21. The summed E-state index contributed by atoms with van der Waals surface area (Å²) in [6.45, 7) is 2.24. The number of ether oxygens (including phenoxy) is 2. The third kappa shape index (κ3) is 6.42. The first-order valence-corrected chi connectivity index (χ1v) is 9.73. The van der Waals surface area contributed by atoms with Crippen molar-refractivity contribution in [2.45, 2.75) is 115 Å². The van der Waals surface area contributed by atoms with Crippen molar-refractivity contribution in [3.05, 3.63) is 0 Å². The second-order valence-corrected chi connectivity index (χ2v) is 7.19. The summed E-state index contributed by atoms with van der Waals surface area (Å²) in [6.07, 6.45) is 13.6. The second-order valence-electron chi connectivity index (χ2n) is 7.19. The molecule has 23 heavy (non-hydrogen) atoms. The third-order valence-corrected chi connectivity index (χ3v) is 5.20. The van der Waals surface area contributed by atoms with Crippen LogP contribution in [0.25, 0.3) is 0 Å². The molecule has 0 aliphatic carbocycles. The van der Waals surface area contributed by atoms with E-state index >= 15 is 0 Å². The number of unbranched alkanes of at least 4 members (excludes halogenated alkanes) is 7. The molecule has 134 valence electrons. The summed E-state index contributed by atoms with van der Waals surface area (Å²) in [6, 6.07) is 0. The van der Waals surface area contributed by atoms with Gasteiger partial charge in [-0.25, -0.2) is 0 Å². The predicted octanol–water partition coefficient (Wildman–Crippen LogP) is 4.13. The molecule has 0 bridgehead atoms. The first-order chi connectivity index (χ1) is 11.2. The normalized spacial score (nSPS) is 29.0. The van der Waals surface area contributed by atoms with E-state index in [0.29, 0.717) is 6.42 Å². The van der Waals surface area contributed by atoms with Crippen molar-refractivity contribution < 1.29 is 19.4 Å². The molecule has 2 rings (SSSR count). The van der Waals surface area contributed by atoms with Crippen LogP contribution in [0, 0.1) is 0 Å². The van der Waals surface area contributed by atoms with Gasteiger partial charge in [-0.1, -0.05) is 58.3 Å². The van der Waals surface area contributed by atoms with Crippen LogP contribution in [0.3, 0.4) is 0 Å². The van der Waals surface area contributed by atoms with E-state index in [0.717, 1.165) is 32.1 Å². The van der Waals surface area contributed by atoms with Crippen molar-refractivity contribution in [2.75, 3.05) is 0 Å². The van der Waals surface area contributed by atoms with E-state index < -0.39 is 0 Å². The van der Waals surface area contributed by atoms with Gasteiger partial charge in [-0.2, -0.15) is 0 Å². The topological polar surface area (TPSA) is 55.8 Å². The standard InChI is InChI=1S/C19H34O4/c1-2-3-4-5-6-7-8-9-10-15(20)16-11-12-17(22-16)18-13-14-19(21)23-18/h15-18,20H,2-14H2,1H3/t15-,16-,17-,18+/m0/s1. The van der Waals surface area contributed by atoms with Crippen LogP contribution >= 0.6 is 0 Å². The molecule has 0 unspecified atom stereocenters. The Kier molecular flexibility index (Phi) is 8.38. The van der Waals surface area contributed by atoms with Crippen molar-refractivity contribution in [1.29, 1.82) is 0 Å². The van der Waals surface area contributed by atoms with Crippen molar-refractivity contribution in [2.24, 2.45) is 0 Å². The van der Waals surface area contributed by atoms with E-state index in [2.05, 4.69) is 6.92 Å². The molecule has 2 aliphatic rings. The molecule has 0 spiro atoms. The number of hydrogen-bond acceptors (Lipinski definition) is 4. The molecule has 2 heterocycles. The highest BCUT2D eigenvalue weighted by Crippen LogP contribution is 2.31. The molecule has 1 N–H and O–H groups in total. The van der Waals surface area contributed by atoms with Crippen LogP contribution in [0.5, 0.6) is 0 Å². The Hall–Kier alpha value is -0.610. The molecular weight excluding hydrogens is 292 g/mol. The SMILES string of the molecule is CCCCCCCCCC[C@H](O)[C@@H]1CC[C@@H]([C@H]2CCC(=O)O2)O1. The fourth-order valence-corrected chi connectivity index (χ4v) is 3.73. The molecule has 0 radical (unpaired) electrons. The van der Waals surface area contributed by atoms with E-state index in [9.17, 15) is 9.90 Å². The fourth-order valence-electron chi connectivity index (χ4n) is 3.73. The number of cyclic esters (lactones) is 1. The Balaban J connectivity index is 1.51. The van der Waals surface area contributed by atoms with Gasteiger partial charge < -0.3 is 14.6 Å². The van der Waals surface area contributed by atoms with Crippen molar-refractivity contribution in [3.8, 4) is 0 Å². The molecule has 2 fully saturated rings. The minimum atomic E-state index is -0.364. The molecule has 0 amide bonds. The number of hydrogen-bond donors (Lipinski definition) is 1. The van der Waals surface area contributed by atoms with Gasteiger partial charge in [-0.3, -0.25) is 4.79 Å². The van der Waals surface area contributed by atoms with Gasteiger partial charge >= 0.3 is 5.97 Å². The first kappa shape index (κ1) is 18.7. The summed E-state index contributed by atoms with van der Waals surface area (Å²) in [5.74, 6) is -0.110. The highest BCUT2D eigenvalue weighted by atomic mass is 16.6. The van der Waals surface area contributed by atoms with E-state index in [1.165, 1.54) is 44.9 Å². The number of esters is 1. The minimum absolute atomic E-state index is 0.000310. The Bertz CT molecular complexity index is 344. The smallest absolute Gasteiger partial charge is 0.306 e. The Morgan fingerprint density at radius 3 is 2.35 bits per heavy atom.